The molecule has 0 radical (unpaired) electrons. The number of nitrogen functional groups attached to an aromatic ring is 1. The molecule has 47 heavy (non-hydrogen) atoms. The van der Waals surface area contributed by atoms with Crippen LogP contribution in [0.3, 0.4) is 0 Å². The van der Waals surface area contributed by atoms with E-state index < -0.39 is 65.0 Å². The predicted octanol–water partition coefficient (Wildman–Crippen LogP) is 1.26. The molecule has 0 bridgehead atoms. The van der Waals surface area contributed by atoms with Crippen LogP contribution in [0, 0.1) is 0 Å². The molecule has 2 aromatic heterocycles. The lowest BCUT2D eigenvalue weighted by Crippen LogP contribution is -2.33. The van der Waals surface area contributed by atoms with Crippen LogP contribution in [0.1, 0.15) is 36.2 Å². The number of fused-ring (bicyclic) bond motifs is 1. The summed E-state index contributed by atoms with van der Waals surface area (Å²) in [6.07, 6.45) is -5.15. The van der Waals surface area contributed by atoms with Crippen molar-refractivity contribution in [2.75, 3.05) is 18.9 Å². The summed E-state index contributed by atoms with van der Waals surface area (Å²) in [6, 6.07) is 18.1. The first kappa shape index (κ1) is 34.5. The van der Waals surface area contributed by atoms with Gasteiger partial charge in [-0.1, -0.05) is 60.7 Å². The Bertz CT molecular complexity index is 1800. The first-order chi connectivity index (χ1) is 22.3. The maximum Gasteiger partial charge on any atom is 0.481 e. The number of aromatic amines is 1. The van der Waals surface area contributed by atoms with E-state index >= 15 is 0 Å². The van der Waals surface area contributed by atoms with E-state index in [2.05, 4.69) is 24.6 Å². The number of nitrogens with two attached hydrogens (primary N) is 1. The van der Waals surface area contributed by atoms with Crippen molar-refractivity contribution >= 4 is 38.7 Å². The molecule has 252 valence electrons. The second-order valence-electron chi connectivity index (χ2n) is 10.4. The van der Waals surface area contributed by atoms with Gasteiger partial charge in [0, 0.05) is 6.42 Å². The molecule has 18 nitrogen and oxygen atoms in total. The number of phosphoric ester groups is 2. The fraction of sp³-hybridized carbons (Fsp3) is 0.333. The van der Waals surface area contributed by atoms with Gasteiger partial charge < -0.3 is 35.8 Å². The third kappa shape index (κ3) is 8.57. The largest absolute Gasteiger partial charge is 0.481 e. The Labute approximate surface area is 266 Å². The van der Waals surface area contributed by atoms with Crippen LogP contribution >= 0.6 is 15.6 Å². The van der Waals surface area contributed by atoms with Gasteiger partial charge in [0.25, 0.3) is 5.56 Å². The van der Waals surface area contributed by atoms with E-state index in [1.165, 1.54) is 0 Å². The highest BCUT2D eigenvalue weighted by molar-refractivity contribution is 7.61. The minimum Gasteiger partial charge on any atom is -0.387 e. The molecule has 0 aliphatic carbocycles. The molecule has 0 saturated carbocycles. The molecular weight excluding hydrogens is 662 g/mol. The van der Waals surface area contributed by atoms with Crippen molar-refractivity contribution in [3.8, 4) is 0 Å². The number of aromatic nitrogens is 4. The minimum absolute atomic E-state index is 0.0384. The molecule has 1 fully saturated rings. The third-order valence-electron chi connectivity index (χ3n) is 7.04. The second kappa shape index (κ2) is 14.5. The van der Waals surface area contributed by atoms with Gasteiger partial charge in [-0.2, -0.15) is 9.29 Å². The monoisotopic (exact) mass is 694 g/mol. The molecule has 4 aromatic rings. The fourth-order valence-corrected chi connectivity index (χ4v) is 6.98. The first-order valence-electron chi connectivity index (χ1n) is 14.1. The van der Waals surface area contributed by atoms with E-state index in [4.69, 9.17) is 19.5 Å². The molecule has 5 rings (SSSR count). The number of carbonyl (C=O) groups is 1. The van der Waals surface area contributed by atoms with E-state index in [1.54, 1.807) is 0 Å². The summed E-state index contributed by atoms with van der Waals surface area (Å²) in [5.74, 6) is -0.615. The van der Waals surface area contributed by atoms with E-state index in [1.807, 2.05) is 60.7 Å². The summed E-state index contributed by atoms with van der Waals surface area (Å²) in [7, 11) is -10.4. The number of phosphoric acid groups is 2. The quantitative estimate of drug-likeness (QED) is 0.0723. The van der Waals surface area contributed by atoms with Crippen molar-refractivity contribution in [1.29, 1.82) is 0 Å². The molecule has 1 aliphatic rings. The van der Waals surface area contributed by atoms with Crippen LogP contribution in [-0.4, -0.2) is 77.0 Å². The molecule has 8 N–H and O–H groups in total. The van der Waals surface area contributed by atoms with Gasteiger partial charge in [0.2, 0.25) is 11.9 Å². The summed E-state index contributed by atoms with van der Waals surface area (Å²) >= 11 is 0. The SMILES string of the molecule is Nc1nc2c(ncn2[C@@H]2O[C@H](COP(=O)(O)OP(=O)(O)OCCCC(=O)NC(c3ccccc3)c3ccccc3)[C@@H](O)[C@H]2O)c(=O)[nH]1. The van der Waals surface area contributed by atoms with Gasteiger partial charge in [0.1, 0.15) is 18.3 Å². The molecule has 6 atom stereocenters. The number of benzene rings is 2. The van der Waals surface area contributed by atoms with Gasteiger partial charge >= 0.3 is 15.6 Å². The minimum atomic E-state index is -5.28. The van der Waals surface area contributed by atoms with Gasteiger partial charge in [-0.25, -0.2) is 14.1 Å². The topological polar surface area (TPSA) is 271 Å². The number of hydrogen-bond acceptors (Lipinski definition) is 13. The van der Waals surface area contributed by atoms with Gasteiger partial charge in [-0.15, -0.1) is 0 Å². The zero-order chi connectivity index (χ0) is 33.8. The number of anilines is 1. The number of amides is 1. The number of carbonyl (C=O) groups excluding carboxylic acids is 1. The van der Waals surface area contributed by atoms with E-state index in [-0.39, 0.29) is 35.9 Å². The van der Waals surface area contributed by atoms with Gasteiger partial charge in [0.05, 0.1) is 25.6 Å². The maximum absolute atomic E-state index is 12.7. The van der Waals surface area contributed by atoms with Gasteiger partial charge in [-0.3, -0.25) is 28.2 Å². The number of imidazole rings is 1. The van der Waals surface area contributed by atoms with Crippen LogP contribution in [0.2, 0.25) is 0 Å². The maximum atomic E-state index is 12.7. The van der Waals surface area contributed by atoms with Crippen molar-refractivity contribution in [1.82, 2.24) is 24.8 Å². The smallest absolute Gasteiger partial charge is 0.387 e. The zero-order valence-corrected chi connectivity index (χ0v) is 26.2. The molecule has 1 saturated heterocycles. The fourth-order valence-electron chi connectivity index (χ4n) is 4.87. The van der Waals surface area contributed by atoms with Crippen LogP contribution in [0.5, 0.6) is 0 Å². The number of aliphatic hydroxyl groups excluding tert-OH is 2. The zero-order valence-electron chi connectivity index (χ0n) is 24.4. The Hall–Kier alpha value is -3.80. The number of rotatable bonds is 14. The van der Waals surface area contributed by atoms with Gasteiger partial charge in [-0.05, 0) is 17.5 Å². The standard InChI is InChI=1S/C27H32N6O12P2/c28-27-31-24-21(25(37)32-27)29-15-33(24)26-23(36)22(35)18(44-26)14-43-47(40,41)45-46(38,39)42-13-7-12-19(34)30-20(16-8-3-1-4-9-16)17-10-5-2-6-11-17/h1-6,8-11,15,18,20,22-23,26,35-36H,7,12-14H2,(H,30,34)(H,38,39)(H,40,41)(H3,28,31,32,37)/t18-,22-,23-,26-/m1/s1. The Morgan fingerprint density at radius 1 is 1.02 bits per heavy atom. The Balaban J connectivity index is 1.10. The normalized spacial score (nSPS) is 22.2. The third-order valence-corrected chi connectivity index (χ3v) is 9.68. The summed E-state index contributed by atoms with van der Waals surface area (Å²) < 4.78 is 45.2. The average molecular weight is 695 g/mol. The molecule has 2 aromatic carbocycles. The lowest BCUT2D eigenvalue weighted by Gasteiger charge is -2.20. The van der Waals surface area contributed by atoms with Crippen LogP contribution in [-0.2, 0) is 32.0 Å². The Morgan fingerprint density at radius 2 is 1.64 bits per heavy atom. The number of H-pyrrole nitrogens is 1. The second-order valence-corrected chi connectivity index (χ2v) is 13.4. The summed E-state index contributed by atoms with van der Waals surface area (Å²) in [6.45, 7) is -1.36. The van der Waals surface area contributed by atoms with Crippen LogP contribution in [0.15, 0.2) is 71.8 Å². The number of ether oxygens (including phenoxy) is 1. The summed E-state index contributed by atoms with van der Waals surface area (Å²) in [5, 5.41) is 23.9. The van der Waals surface area contributed by atoms with E-state index in [9.17, 15) is 38.7 Å². The average Bonchev–Trinajstić information content (AvgIpc) is 3.57. The van der Waals surface area contributed by atoms with E-state index in [0.717, 1.165) is 22.0 Å². The highest BCUT2D eigenvalue weighted by atomic mass is 31.3. The molecule has 1 amide bonds. The van der Waals surface area contributed by atoms with Crippen molar-refractivity contribution in [2.24, 2.45) is 0 Å². The first-order valence-corrected chi connectivity index (χ1v) is 17.1. The van der Waals surface area contributed by atoms with E-state index in [0.29, 0.717) is 0 Å². The summed E-state index contributed by atoms with van der Waals surface area (Å²) in [5.41, 5.74) is 6.43. The Kier molecular flexibility index (Phi) is 10.7. The van der Waals surface area contributed by atoms with Crippen LogP contribution < -0.4 is 16.6 Å². The molecule has 1 aliphatic heterocycles. The van der Waals surface area contributed by atoms with Gasteiger partial charge in [0.15, 0.2) is 17.4 Å². The molecular formula is C27H32N6O12P2. The number of nitrogens with one attached hydrogen (secondary N) is 2. The molecule has 0 spiro atoms. The molecule has 3 heterocycles. The van der Waals surface area contributed by atoms with Crippen LogP contribution in [0.25, 0.3) is 11.2 Å². The Morgan fingerprint density at radius 3 is 2.28 bits per heavy atom. The van der Waals surface area contributed by atoms with Crippen molar-refractivity contribution in [3.63, 3.8) is 0 Å². The molecule has 2 unspecified atom stereocenters. The number of nitrogens with zero attached hydrogens (tertiary/aromatic N) is 3. The summed E-state index contributed by atoms with van der Waals surface area (Å²) in [4.78, 5) is 54.8. The van der Waals surface area contributed by atoms with Crippen molar-refractivity contribution < 1.29 is 52.0 Å². The van der Waals surface area contributed by atoms with Crippen molar-refractivity contribution in [3.05, 3.63) is 88.5 Å². The number of hydrogen-bond donors (Lipinski definition) is 7. The predicted molar refractivity (Wildman–Crippen MR) is 163 cm³/mol. The highest BCUT2D eigenvalue weighted by Crippen LogP contribution is 2.60. The lowest BCUT2D eigenvalue weighted by atomic mass is 9.98. The van der Waals surface area contributed by atoms with Crippen molar-refractivity contribution in [2.45, 2.75) is 43.4 Å². The lowest BCUT2D eigenvalue weighted by molar-refractivity contribution is -0.121. The molecule has 20 heteroatoms. The van der Waals surface area contributed by atoms with Crippen LogP contribution in [0.4, 0.5) is 5.95 Å². The number of aliphatic hydroxyl groups is 2. The highest BCUT2D eigenvalue weighted by Gasteiger charge is 2.46.